The maximum atomic E-state index is 13.1. The number of carboxylic acid groups (broad SMARTS) is 1. The molecule has 0 aromatic rings. The number of nitrogens with one attached hydrogen (secondary N) is 1. The van der Waals surface area contributed by atoms with E-state index in [9.17, 15) is 19.5 Å². The van der Waals surface area contributed by atoms with E-state index in [2.05, 4.69) is 5.32 Å². The predicted octanol–water partition coefficient (Wildman–Crippen LogP) is 1.94. The van der Waals surface area contributed by atoms with Crippen molar-refractivity contribution in [1.82, 2.24) is 10.2 Å². The molecule has 0 radical (unpaired) electrons. The molecule has 2 aliphatic rings. The SMILES string of the molecule is CCC[C@H](N[13C@@H]([13CH3])[13C](=O)N1[C@H](C(=O)O)C[C@@H]2CCCC[C@@H]21)C(=O)OCC. The number of carbonyl (C=O) groups excluding carboxylic acids is 2. The van der Waals surface area contributed by atoms with Crippen LogP contribution in [0.25, 0.3) is 0 Å². The molecule has 0 aromatic heterocycles. The van der Waals surface area contributed by atoms with Crippen LogP contribution >= 0.6 is 0 Å². The molecule has 1 saturated heterocycles. The number of carboxylic acids is 1. The Hall–Kier alpha value is -1.63. The van der Waals surface area contributed by atoms with Gasteiger partial charge in [0.1, 0.15) is 12.1 Å². The molecule has 0 bridgehead atoms. The Morgan fingerprint density at radius 1 is 1.23 bits per heavy atom. The third-order valence-corrected chi connectivity index (χ3v) is 5.60. The minimum Gasteiger partial charge on any atom is -0.480 e. The van der Waals surface area contributed by atoms with Crippen molar-refractivity contribution >= 4 is 17.8 Å². The number of ether oxygens (including phenoxy) is 1. The van der Waals surface area contributed by atoms with E-state index >= 15 is 0 Å². The first-order valence-electron chi connectivity index (χ1n) is 9.88. The first-order valence-corrected chi connectivity index (χ1v) is 9.88. The van der Waals surface area contributed by atoms with E-state index < -0.39 is 24.1 Å². The van der Waals surface area contributed by atoms with Gasteiger partial charge in [0.2, 0.25) is 5.91 Å². The van der Waals surface area contributed by atoms with E-state index in [0.717, 1.165) is 32.1 Å². The van der Waals surface area contributed by atoms with Crippen LogP contribution in [0.2, 0.25) is 0 Å². The molecule has 7 nitrogen and oxygen atoms in total. The van der Waals surface area contributed by atoms with Gasteiger partial charge in [-0.1, -0.05) is 26.2 Å². The van der Waals surface area contributed by atoms with Crippen molar-refractivity contribution in [2.45, 2.75) is 89.9 Å². The molecule has 1 aliphatic heterocycles. The summed E-state index contributed by atoms with van der Waals surface area (Å²) in [5, 5.41) is 12.7. The van der Waals surface area contributed by atoms with E-state index in [1.807, 2.05) is 6.92 Å². The zero-order chi connectivity index (χ0) is 19.3. The lowest BCUT2D eigenvalue weighted by Crippen LogP contribution is -2.55. The van der Waals surface area contributed by atoms with Crippen molar-refractivity contribution in [3.8, 4) is 0 Å². The lowest BCUT2D eigenvalue weighted by atomic mass is 9.85. The summed E-state index contributed by atoms with van der Waals surface area (Å²) in [5.74, 6) is -1.24. The summed E-state index contributed by atoms with van der Waals surface area (Å²) in [5.41, 5.74) is 0. The van der Waals surface area contributed by atoms with Gasteiger partial charge in [0.05, 0.1) is 12.6 Å². The van der Waals surface area contributed by atoms with Gasteiger partial charge in [-0.15, -0.1) is 0 Å². The van der Waals surface area contributed by atoms with Crippen LogP contribution in [-0.4, -0.2) is 58.6 Å². The van der Waals surface area contributed by atoms with Gasteiger partial charge in [-0.25, -0.2) is 4.79 Å². The van der Waals surface area contributed by atoms with Gasteiger partial charge >= 0.3 is 11.9 Å². The average molecular weight is 371 g/mol. The number of aliphatic carboxylic acids is 1. The summed E-state index contributed by atoms with van der Waals surface area (Å²) in [4.78, 5) is 38.5. The van der Waals surface area contributed by atoms with Crippen LogP contribution in [-0.2, 0) is 19.1 Å². The summed E-state index contributed by atoms with van der Waals surface area (Å²) in [7, 11) is 0. The van der Waals surface area contributed by atoms with Gasteiger partial charge in [-0.3, -0.25) is 14.9 Å². The van der Waals surface area contributed by atoms with Gasteiger partial charge in [0.15, 0.2) is 0 Å². The monoisotopic (exact) mass is 371 g/mol. The summed E-state index contributed by atoms with van der Waals surface area (Å²) in [6, 6.07) is -1.92. The third kappa shape index (κ3) is 4.55. The zero-order valence-corrected chi connectivity index (χ0v) is 16.1. The van der Waals surface area contributed by atoms with Gasteiger partial charge in [-0.05, 0) is 45.4 Å². The van der Waals surface area contributed by atoms with E-state index in [1.165, 1.54) is 0 Å². The highest BCUT2D eigenvalue weighted by Crippen LogP contribution is 2.40. The first-order chi connectivity index (χ1) is 12.4. The van der Waals surface area contributed by atoms with E-state index in [0.29, 0.717) is 19.4 Å². The van der Waals surface area contributed by atoms with Crippen molar-refractivity contribution in [2.24, 2.45) is 5.92 Å². The second-order valence-corrected chi connectivity index (χ2v) is 7.43. The van der Waals surface area contributed by atoms with E-state index in [1.54, 1.807) is 18.7 Å². The Balaban J connectivity index is 2.10. The molecule has 148 valence electrons. The third-order valence-electron chi connectivity index (χ3n) is 5.60. The predicted molar refractivity (Wildman–Crippen MR) is 96.6 cm³/mol. The fourth-order valence-electron chi connectivity index (χ4n) is 4.39. The molecule has 0 spiro atoms. The number of nitrogens with zero attached hydrogens (tertiary/aromatic N) is 1. The number of carbonyl (C=O) groups is 3. The Morgan fingerprint density at radius 2 is 1.92 bits per heavy atom. The number of hydrogen-bond acceptors (Lipinski definition) is 5. The molecule has 7 heteroatoms. The van der Waals surface area contributed by atoms with Crippen LogP contribution in [0.15, 0.2) is 0 Å². The van der Waals surface area contributed by atoms with Crippen molar-refractivity contribution in [3.05, 3.63) is 0 Å². The molecule has 0 unspecified atom stereocenters. The minimum absolute atomic E-state index is 0.00817. The van der Waals surface area contributed by atoms with Crippen molar-refractivity contribution in [3.63, 3.8) is 0 Å². The van der Waals surface area contributed by atoms with Gasteiger partial charge in [0, 0.05) is 6.04 Å². The second kappa shape index (κ2) is 9.35. The van der Waals surface area contributed by atoms with Crippen molar-refractivity contribution in [1.29, 1.82) is 0 Å². The Morgan fingerprint density at radius 3 is 2.54 bits per heavy atom. The smallest absolute Gasteiger partial charge is 0.326 e. The number of esters is 1. The lowest BCUT2D eigenvalue weighted by molar-refractivity contribution is -0.152. The molecule has 26 heavy (non-hydrogen) atoms. The molecule has 1 saturated carbocycles. The van der Waals surface area contributed by atoms with Crippen LogP contribution < -0.4 is 5.32 Å². The molecular formula is C19H32N2O5. The van der Waals surface area contributed by atoms with Gasteiger partial charge in [0.25, 0.3) is 0 Å². The highest BCUT2D eigenvalue weighted by Gasteiger charge is 2.48. The Kier molecular flexibility index (Phi) is 7.43. The van der Waals surface area contributed by atoms with Crippen molar-refractivity contribution in [2.75, 3.05) is 6.61 Å². The number of hydrogen-bond donors (Lipinski definition) is 2. The van der Waals surface area contributed by atoms with Crippen LogP contribution in [0.3, 0.4) is 0 Å². The molecule has 2 rings (SSSR count). The molecule has 1 heterocycles. The number of rotatable bonds is 8. The molecule has 2 fully saturated rings. The molecular weight excluding hydrogens is 339 g/mol. The molecule has 0 aromatic carbocycles. The highest BCUT2D eigenvalue weighted by molar-refractivity contribution is 5.88. The fourth-order valence-corrected chi connectivity index (χ4v) is 4.39. The lowest BCUT2D eigenvalue weighted by Gasteiger charge is -2.35. The number of likely N-dealkylation sites (tertiary alicyclic amines) is 1. The van der Waals surface area contributed by atoms with Crippen LogP contribution in [0, 0.1) is 5.92 Å². The largest absolute Gasteiger partial charge is 0.480 e. The van der Waals surface area contributed by atoms with Crippen LogP contribution in [0.1, 0.15) is 65.7 Å². The van der Waals surface area contributed by atoms with E-state index in [4.69, 9.17) is 4.74 Å². The van der Waals surface area contributed by atoms with E-state index in [-0.39, 0.29) is 23.8 Å². The normalized spacial score (nSPS) is 27.5. The molecule has 1 amide bonds. The quantitative estimate of drug-likeness (QED) is 0.500. The fraction of sp³-hybridized carbons (Fsp3) is 0.842. The van der Waals surface area contributed by atoms with Gasteiger partial charge < -0.3 is 14.7 Å². The van der Waals surface area contributed by atoms with Crippen LogP contribution in [0.5, 0.6) is 0 Å². The average Bonchev–Trinajstić information content (AvgIpc) is 3.00. The maximum Gasteiger partial charge on any atom is 0.326 e. The summed E-state index contributed by atoms with van der Waals surface area (Å²) in [6.45, 7) is 5.72. The topological polar surface area (TPSA) is 95.9 Å². The standard InChI is InChI=1S/C19H32N2O5/c1-4-8-14(19(25)26-5-2)20-12(3)17(22)21-15-10-7-6-9-13(15)11-16(21)18(23)24/h12-16,20H,4-11H2,1-3H3,(H,23,24)/t12-,13-,14-,15-,16-/m0/s1/i3+1,12+1,17+1. The number of fused-ring (bicyclic) bond motifs is 1. The molecule has 1 aliphatic carbocycles. The highest BCUT2D eigenvalue weighted by atomic mass is 16.5. The zero-order valence-electron chi connectivity index (χ0n) is 16.1. The summed E-state index contributed by atoms with van der Waals surface area (Å²) < 4.78 is 5.09. The minimum atomic E-state index is -0.935. The Labute approximate surface area is 155 Å². The van der Waals surface area contributed by atoms with Crippen LogP contribution in [0.4, 0.5) is 0 Å². The van der Waals surface area contributed by atoms with Crippen molar-refractivity contribution < 1.29 is 24.2 Å². The molecule has 5 atom stereocenters. The summed E-state index contributed by atoms with van der Waals surface area (Å²) in [6.07, 6.45) is 5.87. The second-order valence-electron chi connectivity index (χ2n) is 7.43. The Bertz CT molecular complexity index is 524. The summed E-state index contributed by atoms with van der Waals surface area (Å²) >= 11 is 0. The maximum absolute atomic E-state index is 13.1. The number of amides is 1. The molecule has 2 N–H and O–H groups in total. The van der Waals surface area contributed by atoms with Gasteiger partial charge in [-0.2, -0.15) is 0 Å². The first kappa shape index (κ1) is 20.7.